The molecule has 0 atom stereocenters. The van der Waals surface area contributed by atoms with E-state index >= 15 is 0 Å². The van der Waals surface area contributed by atoms with Gasteiger partial charge in [0.15, 0.2) is 0 Å². The lowest BCUT2D eigenvalue weighted by molar-refractivity contribution is 0.144. The summed E-state index contributed by atoms with van der Waals surface area (Å²) >= 11 is 0. The second kappa shape index (κ2) is 6.86. The van der Waals surface area contributed by atoms with Crippen molar-refractivity contribution >= 4 is 6.16 Å². The number of carbonyl (C=O) groups is 1. The molecule has 0 aliphatic heterocycles. The standard InChI is InChI=1S/C20H22O3/c1-14-7-12-19(23-20(21)22)18(13-14)17-10-8-16(9-11-17)15-5-3-2-4-6-15/h7-13,15H,2-6H2,1H3,(H,21,22). The zero-order chi connectivity index (χ0) is 16.2. The van der Waals surface area contributed by atoms with E-state index in [1.54, 1.807) is 6.07 Å². The Morgan fingerprint density at radius 1 is 1.04 bits per heavy atom. The first kappa shape index (κ1) is 15.6. The maximum atomic E-state index is 10.9. The van der Waals surface area contributed by atoms with E-state index < -0.39 is 6.16 Å². The van der Waals surface area contributed by atoms with Gasteiger partial charge in [-0.3, -0.25) is 0 Å². The van der Waals surface area contributed by atoms with E-state index in [-0.39, 0.29) is 0 Å². The largest absolute Gasteiger partial charge is 0.511 e. The Balaban J connectivity index is 1.89. The Morgan fingerprint density at radius 2 is 1.74 bits per heavy atom. The van der Waals surface area contributed by atoms with E-state index in [1.807, 2.05) is 19.1 Å². The van der Waals surface area contributed by atoms with Gasteiger partial charge in [0.25, 0.3) is 0 Å². The Hall–Kier alpha value is -2.29. The molecule has 120 valence electrons. The van der Waals surface area contributed by atoms with Crippen LogP contribution in [0.15, 0.2) is 42.5 Å². The molecule has 3 nitrogen and oxygen atoms in total. The highest BCUT2D eigenvalue weighted by Gasteiger charge is 2.16. The lowest BCUT2D eigenvalue weighted by Gasteiger charge is -2.22. The zero-order valence-electron chi connectivity index (χ0n) is 13.4. The number of carboxylic acid groups (broad SMARTS) is 1. The average Bonchev–Trinajstić information content (AvgIpc) is 2.57. The highest BCUT2D eigenvalue weighted by Crippen LogP contribution is 2.35. The van der Waals surface area contributed by atoms with Gasteiger partial charge in [0, 0.05) is 5.56 Å². The van der Waals surface area contributed by atoms with Crippen LogP contribution in [0.3, 0.4) is 0 Å². The van der Waals surface area contributed by atoms with Crippen molar-refractivity contribution in [2.75, 3.05) is 0 Å². The molecule has 1 fully saturated rings. The van der Waals surface area contributed by atoms with Crippen molar-refractivity contribution in [3.63, 3.8) is 0 Å². The monoisotopic (exact) mass is 310 g/mol. The van der Waals surface area contributed by atoms with Crippen LogP contribution in [0.25, 0.3) is 11.1 Å². The maximum absolute atomic E-state index is 10.9. The quantitative estimate of drug-likeness (QED) is 0.578. The van der Waals surface area contributed by atoms with Crippen molar-refractivity contribution in [1.82, 2.24) is 0 Å². The minimum absolute atomic E-state index is 0.383. The second-order valence-corrected chi connectivity index (χ2v) is 6.32. The molecule has 0 aromatic heterocycles. The van der Waals surface area contributed by atoms with E-state index in [2.05, 4.69) is 24.3 Å². The molecular weight excluding hydrogens is 288 g/mol. The molecule has 2 aromatic rings. The van der Waals surface area contributed by atoms with Crippen LogP contribution in [0.1, 0.15) is 49.1 Å². The Labute approximate surface area is 136 Å². The third kappa shape index (κ3) is 3.73. The van der Waals surface area contributed by atoms with Crippen LogP contribution >= 0.6 is 0 Å². The smallest absolute Gasteiger partial charge is 0.449 e. The third-order valence-corrected chi connectivity index (χ3v) is 4.63. The van der Waals surface area contributed by atoms with Gasteiger partial charge >= 0.3 is 6.16 Å². The Morgan fingerprint density at radius 3 is 2.39 bits per heavy atom. The van der Waals surface area contributed by atoms with E-state index in [0.29, 0.717) is 11.7 Å². The Bertz CT molecular complexity index is 683. The molecule has 0 saturated heterocycles. The van der Waals surface area contributed by atoms with E-state index in [9.17, 15) is 4.79 Å². The normalized spacial score (nSPS) is 15.3. The number of aryl methyl sites for hydroxylation is 1. The molecule has 1 aliphatic rings. The number of benzene rings is 2. The molecule has 3 rings (SSSR count). The number of hydrogen-bond donors (Lipinski definition) is 1. The van der Waals surface area contributed by atoms with Gasteiger partial charge < -0.3 is 9.84 Å². The van der Waals surface area contributed by atoms with Crippen LogP contribution in [-0.4, -0.2) is 11.3 Å². The third-order valence-electron chi connectivity index (χ3n) is 4.63. The fourth-order valence-electron chi connectivity index (χ4n) is 3.42. The molecule has 1 N–H and O–H groups in total. The molecule has 0 amide bonds. The van der Waals surface area contributed by atoms with Crippen molar-refractivity contribution < 1.29 is 14.6 Å². The predicted molar refractivity (Wildman–Crippen MR) is 91.1 cm³/mol. The highest BCUT2D eigenvalue weighted by atomic mass is 16.7. The van der Waals surface area contributed by atoms with Gasteiger partial charge in [-0.05, 0) is 48.9 Å². The van der Waals surface area contributed by atoms with Crippen molar-refractivity contribution in [3.05, 3.63) is 53.6 Å². The van der Waals surface area contributed by atoms with Crippen LogP contribution in [0.4, 0.5) is 4.79 Å². The predicted octanol–water partition coefficient (Wildman–Crippen LogP) is 5.77. The minimum atomic E-state index is -1.28. The van der Waals surface area contributed by atoms with E-state index in [1.165, 1.54) is 37.7 Å². The Kier molecular flexibility index (Phi) is 4.65. The van der Waals surface area contributed by atoms with Gasteiger partial charge in [-0.1, -0.05) is 55.2 Å². The molecular formula is C20H22O3. The van der Waals surface area contributed by atoms with Crippen molar-refractivity contribution in [2.24, 2.45) is 0 Å². The van der Waals surface area contributed by atoms with E-state index in [0.717, 1.165) is 16.7 Å². The number of hydrogen-bond acceptors (Lipinski definition) is 2. The summed E-state index contributed by atoms with van der Waals surface area (Å²) < 4.78 is 4.92. The van der Waals surface area contributed by atoms with Crippen molar-refractivity contribution in [3.8, 4) is 16.9 Å². The molecule has 0 heterocycles. The summed E-state index contributed by atoms with van der Waals surface area (Å²) in [6, 6.07) is 14.1. The number of ether oxygens (including phenoxy) is 1. The van der Waals surface area contributed by atoms with Gasteiger partial charge in [0.1, 0.15) is 5.75 Å². The van der Waals surface area contributed by atoms with Gasteiger partial charge in [-0.15, -0.1) is 0 Å². The first-order valence-corrected chi connectivity index (χ1v) is 8.25. The van der Waals surface area contributed by atoms with Crippen LogP contribution in [0.2, 0.25) is 0 Å². The first-order chi connectivity index (χ1) is 11.1. The molecule has 2 aromatic carbocycles. The molecule has 0 unspecified atom stereocenters. The fraction of sp³-hybridized carbons (Fsp3) is 0.350. The summed E-state index contributed by atoms with van der Waals surface area (Å²) in [6.07, 6.45) is 5.26. The van der Waals surface area contributed by atoms with Gasteiger partial charge in [-0.2, -0.15) is 0 Å². The maximum Gasteiger partial charge on any atom is 0.511 e. The first-order valence-electron chi connectivity index (χ1n) is 8.25. The summed E-state index contributed by atoms with van der Waals surface area (Å²) in [6.45, 7) is 1.99. The molecule has 0 radical (unpaired) electrons. The fourth-order valence-corrected chi connectivity index (χ4v) is 3.42. The molecule has 0 spiro atoms. The van der Waals surface area contributed by atoms with Crippen molar-refractivity contribution in [2.45, 2.75) is 44.9 Å². The highest BCUT2D eigenvalue weighted by molar-refractivity contribution is 5.75. The average molecular weight is 310 g/mol. The second-order valence-electron chi connectivity index (χ2n) is 6.32. The van der Waals surface area contributed by atoms with Gasteiger partial charge in [0.05, 0.1) is 0 Å². The summed E-state index contributed by atoms with van der Waals surface area (Å²) in [7, 11) is 0. The summed E-state index contributed by atoms with van der Waals surface area (Å²) in [5.41, 5.74) is 4.28. The van der Waals surface area contributed by atoms with Gasteiger partial charge in [-0.25, -0.2) is 4.79 Å². The van der Waals surface area contributed by atoms with Crippen LogP contribution in [-0.2, 0) is 0 Å². The van der Waals surface area contributed by atoms with Crippen LogP contribution in [0.5, 0.6) is 5.75 Å². The molecule has 3 heteroatoms. The van der Waals surface area contributed by atoms with Crippen molar-refractivity contribution in [1.29, 1.82) is 0 Å². The van der Waals surface area contributed by atoms with E-state index in [4.69, 9.17) is 9.84 Å². The van der Waals surface area contributed by atoms with Gasteiger partial charge in [0.2, 0.25) is 0 Å². The lowest BCUT2D eigenvalue weighted by Crippen LogP contribution is -2.05. The molecule has 1 saturated carbocycles. The topological polar surface area (TPSA) is 46.5 Å². The summed E-state index contributed by atoms with van der Waals surface area (Å²) in [5, 5.41) is 8.90. The molecule has 0 bridgehead atoms. The minimum Gasteiger partial charge on any atom is -0.449 e. The summed E-state index contributed by atoms with van der Waals surface area (Å²) in [5.74, 6) is 1.05. The molecule has 23 heavy (non-hydrogen) atoms. The lowest BCUT2D eigenvalue weighted by atomic mass is 9.83. The SMILES string of the molecule is Cc1ccc(OC(=O)O)c(-c2ccc(C3CCCCC3)cc2)c1. The molecule has 1 aliphatic carbocycles. The van der Waals surface area contributed by atoms with Crippen LogP contribution in [0, 0.1) is 6.92 Å². The number of rotatable bonds is 3. The summed E-state index contributed by atoms with van der Waals surface area (Å²) in [4.78, 5) is 10.9. The van der Waals surface area contributed by atoms with Crippen LogP contribution < -0.4 is 4.74 Å². The zero-order valence-corrected chi connectivity index (χ0v) is 13.4.